The molecule has 16 heavy (non-hydrogen) atoms. The fourth-order valence-electron chi connectivity index (χ4n) is 0.918. The molecule has 1 atom stereocenters. The van der Waals surface area contributed by atoms with Crippen molar-refractivity contribution in [2.75, 3.05) is 13.7 Å². The summed E-state index contributed by atoms with van der Waals surface area (Å²) in [6.07, 6.45) is -1.23. The second-order valence-corrected chi connectivity index (χ2v) is 3.09. The molecule has 0 aliphatic heterocycles. The molecule has 3 N–H and O–H groups in total. The maximum Gasteiger partial charge on any atom is 0.336 e. The molecule has 0 radical (unpaired) electrons. The number of ether oxygens (including phenoxy) is 1. The number of methoxy groups -OCH3 is 1. The van der Waals surface area contributed by atoms with Crippen LogP contribution in [0.15, 0.2) is 0 Å². The predicted octanol–water partition coefficient (Wildman–Crippen LogP) is -1.11. The molecule has 0 aliphatic carbocycles. The Morgan fingerprint density at radius 1 is 1.31 bits per heavy atom. The van der Waals surface area contributed by atoms with E-state index in [9.17, 15) is 14.4 Å². The second kappa shape index (κ2) is 7.63. The molecular formula is C9H15NO6. The lowest BCUT2D eigenvalue weighted by Crippen LogP contribution is -2.37. The summed E-state index contributed by atoms with van der Waals surface area (Å²) in [7, 11) is 1.13. The number of nitrogens with one attached hydrogen (secondary N) is 1. The van der Waals surface area contributed by atoms with Gasteiger partial charge in [-0.3, -0.25) is 9.59 Å². The van der Waals surface area contributed by atoms with E-state index in [1.807, 2.05) is 0 Å². The molecule has 0 spiro atoms. The molecule has 7 nitrogen and oxygen atoms in total. The number of amides is 1. The third-order valence-corrected chi connectivity index (χ3v) is 1.76. The smallest absolute Gasteiger partial charge is 0.336 e. The van der Waals surface area contributed by atoms with Crippen LogP contribution in [0.3, 0.4) is 0 Å². The van der Waals surface area contributed by atoms with Gasteiger partial charge in [-0.05, 0) is 6.42 Å². The van der Waals surface area contributed by atoms with E-state index in [4.69, 9.17) is 10.2 Å². The molecule has 0 aromatic carbocycles. The number of carboxylic acids is 1. The number of aliphatic hydroxyl groups excluding tert-OH is 1. The van der Waals surface area contributed by atoms with Gasteiger partial charge in [0, 0.05) is 12.8 Å². The number of carbonyl (C=O) groups is 3. The first kappa shape index (κ1) is 14.4. The summed E-state index contributed by atoms with van der Waals surface area (Å²) in [5, 5.41) is 19.7. The van der Waals surface area contributed by atoms with Crippen molar-refractivity contribution < 1.29 is 29.3 Å². The number of aliphatic hydroxyl groups is 1. The summed E-state index contributed by atoms with van der Waals surface area (Å²) in [6, 6.07) is 0. The minimum absolute atomic E-state index is 0.0419. The van der Waals surface area contributed by atoms with Gasteiger partial charge < -0.3 is 20.3 Å². The topological polar surface area (TPSA) is 113 Å². The maximum atomic E-state index is 11.1. The third-order valence-electron chi connectivity index (χ3n) is 1.76. The standard InChI is InChI=1S/C9H15NO6/c1-16-9(15)6(11)5-10-7(12)3-2-4-8(13)14/h6,11H,2-5H2,1H3,(H,10,12)(H,13,14). The normalized spacial score (nSPS) is 11.6. The van der Waals surface area contributed by atoms with Gasteiger partial charge in [0.2, 0.25) is 5.91 Å². The molecule has 0 saturated heterocycles. The van der Waals surface area contributed by atoms with Crippen molar-refractivity contribution >= 4 is 17.8 Å². The van der Waals surface area contributed by atoms with E-state index >= 15 is 0 Å². The first-order valence-electron chi connectivity index (χ1n) is 4.71. The minimum Gasteiger partial charge on any atom is -0.481 e. The Balaban J connectivity index is 3.65. The Hall–Kier alpha value is -1.63. The summed E-state index contributed by atoms with van der Waals surface area (Å²) in [4.78, 5) is 31.9. The molecule has 0 aromatic rings. The van der Waals surface area contributed by atoms with Gasteiger partial charge in [0.05, 0.1) is 13.7 Å². The molecule has 0 bridgehead atoms. The van der Waals surface area contributed by atoms with Gasteiger partial charge in [0.25, 0.3) is 0 Å². The van der Waals surface area contributed by atoms with E-state index in [1.54, 1.807) is 0 Å². The van der Waals surface area contributed by atoms with Crippen molar-refractivity contribution in [3.05, 3.63) is 0 Å². The number of carboxylic acid groups (broad SMARTS) is 1. The lowest BCUT2D eigenvalue weighted by atomic mass is 10.2. The van der Waals surface area contributed by atoms with E-state index in [2.05, 4.69) is 10.1 Å². The average Bonchev–Trinajstić information content (AvgIpc) is 2.24. The Morgan fingerprint density at radius 3 is 2.44 bits per heavy atom. The monoisotopic (exact) mass is 233 g/mol. The molecule has 0 saturated carbocycles. The van der Waals surface area contributed by atoms with Gasteiger partial charge in [-0.25, -0.2) is 4.79 Å². The Labute approximate surface area is 92.4 Å². The molecule has 0 aliphatic rings. The highest BCUT2D eigenvalue weighted by molar-refractivity contribution is 5.79. The van der Waals surface area contributed by atoms with Crippen LogP contribution >= 0.6 is 0 Å². The van der Waals surface area contributed by atoms with Gasteiger partial charge in [-0.2, -0.15) is 0 Å². The quantitative estimate of drug-likeness (QED) is 0.481. The van der Waals surface area contributed by atoms with Crippen molar-refractivity contribution in [2.45, 2.75) is 25.4 Å². The Kier molecular flexibility index (Phi) is 6.86. The zero-order chi connectivity index (χ0) is 12.6. The number of carbonyl (C=O) groups excluding carboxylic acids is 2. The van der Waals surface area contributed by atoms with Gasteiger partial charge in [-0.15, -0.1) is 0 Å². The van der Waals surface area contributed by atoms with Crippen molar-refractivity contribution in [1.82, 2.24) is 5.32 Å². The van der Waals surface area contributed by atoms with Crippen LogP contribution in [-0.2, 0) is 19.1 Å². The molecule has 0 fully saturated rings. The molecule has 1 unspecified atom stereocenters. The number of aliphatic carboxylic acids is 1. The van der Waals surface area contributed by atoms with E-state index < -0.39 is 23.9 Å². The van der Waals surface area contributed by atoms with E-state index in [0.29, 0.717) is 0 Å². The van der Waals surface area contributed by atoms with Crippen molar-refractivity contribution in [3.8, 4) is 0 Å². The van der Waals surface area contributed by atoms with Gasteiger partial charge in [-0.1, -0.05) is 0 Å². The van der Waals surface area contributed by atoms with Crippen LogP contribution in [0.4, 0.5) is 0 Å². The van der Waals surface area contributed by atoms with Crippen molar-refractivity contribution in [1.29, 1.82) is 0 Å². The van der Waals surface area contributed by atoms with Crippen LogP contribution in [-0.4, -0.2) is 47.8 Å². The fourth-order valence-corrected chi connectivity index (χ4v) is 0.918. The van der Waals surface area contributed by atoms with E-state index in [-0.39, 0.29) is 25.8 Å². The zero-order valence-corrected chi connectivity index (χ0v) is 8.93. The molecule has 1 amide bonds. The predicted molar refractivity (Wildman–Crippen MR) is 52.5 cm³/mol. The summed E-state index contributed by atoms with van der Waals surface area (Å²) in [5.74, 6) is -2.21. The highest BCUT2D eigenvalue weighted by Crippen LogP contribution is 1.95. The molecule has 92 valence electrons. The molecule has 0 rings (SSSR count). The SMILES string of the molecule is COC(=O)C(O)CNC(=O)CCCC(=O)O. The largest absolute Gasteiger partial charge is 0.481 e. The van der Waals surface area contributed by atoms with Gasteiger partial charge >= 0.3 is 11.9 Å². The second-order valence-electron chi connectivity index (χ2n) is 3.09. The number of hydrogen-bond acceptors (Lipinski definition) is 5. The number of hydrogen-bond donors (Lipinski definition) is 3. The van der Waals surface area contributed by atoms with E-state index in [1.165, 1.54) is 0 Å². The molecule has 0 heterocycles. The number of esters is 1. The zero-order valence-electron chi connectivity index (χ0n) is 8.93. The van der Waals surface area contributed by atoms with Crippen LogP contribution in [0.2, 0.25) is 0 Å². The van der Waals surface area contributed by atoms with Gasteiger partial charge in [0.1, 0.15) is 0 Å². The minimum atomic E-state index is -1.39. The lowest BCUT2D eigenvalue weighted by molar-refractivity contribution is -0.150. The molecule has 7 heteroatoms. The molecule has 0 aromatic heterocycles. The number of rotatable bonds is 7. The van der Waals surface area contributed by atoms with Crippen LogP contribution in [0.25, 0.3) is 0 Å². The van der Waals surface area contributed by atoms with Crippen LogP contribution in [0, 0.1) is 0 Å². The third kappa shape index (κ3) is 6.77. The highest BCUT2D eigenvalue weighted by atomic mass is 16.5. The first-order chi connectivity index (χ1) is 7.47. The Morgan fingerprint density at radius 2 is 1.94 bits per heavy atom. The lowest BCUT2D eigenvalue weighted by Gasteiger charge is -2.09. The average molecular weight is 233 g/mol. The fraction of sp³-hybridized carbons (Fsp3) is 0.667. The van der Waals surface area contributed by atoms with Crippen LogP contribution in [0.5, 0.6) is 0 Å². The van der Waals surface area contributed by atoms with Crippen LogP contribution < -0.4 is 5.32 Å². The summed E-state index contributed by atoms with van der Waals surface area (Å²) in [6.45, 7) is -0.238. The Bertz CT molecular complexity index is 265. The van der Waals surface area contributed by atoms with E-state index in [0.717, 1.165) is 7.11 Å². The maximum absolute atomic E-state index is 11.1. The first-order valence-corrected chi connectivity index (χ1v) is 4.71. The van der Waals surface area contributed by atoms with Crippen LogP contribution in [0.1, 0.15) is 19.3 Å². The molecular weight excluding hydrogens is 218 g/mol. The highest BCUT2D eigenvalue weighted by Gasteiger charge is 2.15. The van der Waals surface area contributed by atoms with Gasteiger partial charge in [0.15, 0.2) is 6.10 Å². The summed E-state index contributed by atoms with van der Waals surface area (Å²) >= 11 is 0. The van der Waals surface area contributed by atoms with Crippen molar-refractivity contribution in [2.24, 2.45) is 0 Å². The summed E-state index contributed by atoms with van der Waals surface area (Å²) in [5.41, 5.74) is 0. The summed E-state index contributed by atoms with van der Waals surface area (Å²) < 4.78 is 4.24. The van der Waals surface area contributed by atoms with Crippen molar-refractivity contribution in [3.63, 3.8) is 0 Å².